The molecule has 0 amide bonds. The van der Waals surface area contributed by atoms with E-state index in [-0.39, 0.29) is 0 Å². The number of aromatic nitrogens is 2. The molecule has 0 saturated heterocycles. The number of carbonyl (C=O) groups is 1. The molecule has 134 valence electrons. The predicted molar refractivity (Wildman–Crippen MR) is 92.1 cm³/mol. The van der Waals surface area contributed by atoms with Crippen LogP contribution < -0.4 is 9.47 Å². The Morgan fingerprint density at radius 3 is 2.96 bits per heavy atom. The summed E-state index contributed by atoms with van der Waals surface area (Å²) in [6, 6.07) is 2.86. The maximum atomic E-state index is 11.7. The first-order valence-corrected chi connectivity index (χ1v) is 8.38. The number of imidazole rings is 1. The third-order valence-corrected chi connectivity index (χ3v) is 4.64. The molecule has 7 nitrogen and oxygen atoms in total. The Morgan fingerprint density at radius 2 is 2.28 bits per heavy atom. The van der Waals surface area contributed by atoms with Crippen molar-refractivity contribution in [1.29, 1.82) is 0 Å². The molecule has 2 N–H and O–H groups in total. The van der Waals surface area contributed by atoms with Gasteiger partial charge in [-0.15, -0.1) is 0 Å². The van der Waals surface area contributed by atoms with Crippen molar-refractivity contribution in [3.8, 4) is 11.5 Å². The summed E-state index contributed by atoms with van der Waals surface area (Å²) in [5.41, 5.74) is 2.53. The smallest absolute Gasteiger partial charge is 0.321 e. The minimum Gasteiger partial charge on any atom is -0.493 e. The standard InChI is InChI=1S/C17H20ClN3O4/c1-3-25-16-4-10(11(18)5-15(16)24-2)7-21-8-13-12(19-9-20-13)6-14(21)17(22)23/h4-5,9,14H,3,6-8H2,1-2H3,(H,19,20)(H,22,23)/t14-/m1/s1. The summed E-state index contributed by atoms with van der Waals surface area (Å²) in [6.07, 6.45) is 1.96. The summed E-state index contributed by atoms with van der Waals surface area (Å²) >= 11 is 6.38. The summed E-state index contributed by atoms with van der Waals surface area (Å²) in [7, 11) is 1.55. The van der Waals surface area contributed by atoms with Crippen LogP contribution in [0.25, 0.3) is 0 Å². The first kappa shape index (κ1) is 17.6. The number of aromatic amines is 1. The lowest BCUT2D eigenvalue weighted by Gasteiger charge is -2.32. The van der Waals surface area contributed by atoms with Gasteiger partial charge in [-0.3, -0.25) is 9.69 Å². The lowest BCUT2D eigenvalue weighted by atomic mass is 10.0. The van der Waals surface area contributed by atoms with E-state index in [0.717, 1.165) is 17.0 Å². The number of nitrogens with zero attached hydrogens (tertiary/aromatic N) is 2. The largest absolute Gasteiger partial charge is 0.493 e. The Labute approximate surface area is 150 Å². The normalized spacial score (nSPS) is 17.2. The van der Waals surface area contributed by atoms with E-state index < -0.39 is 12.0 Å². The van der Waals surface area contributed by atoms with Gasteiger partial charge in [0.25, 0.3) is 0 Å². The van der Waals surface area contributed by atoms with Gasteiger partial charge in [0.05, 0.1) is 31.4 Å². The maximum Gasteiger partial charge on any atom is 0.321 e. The molecule has 0 bridgehead atoms. The monoisotopic (exact) mass is 365 g/mol. The summed E-state index contributed by atoms with van der Waals surface area (Å²) < 4.78 is 10.9. The van der Waals surface area contributed by atoms with Crippen molar-refractivity contribution < 1.29 is 19.4 Å². The average molecular weight is 366 g/mol. The Balaban J connectivity index is 1.90. The van der Waals surface area contributed by atoms with Crippen LogP contribution in [0.1, 0.15) is 23.9 Å². The minimum absolute atomic E-state index is 0.361. The molecule has 25 heavy (non-hydrogen) atoms. The van der Waals surface area contributed by atoms with Gasteiger partial charge in [0.1, 0.15) is 6.04 Å². The molecule has 8 heteroatoms. The van der Waals surface area contributed by atoms with Crippen LogP contribution in [-0.2, 0) is 24.3 Å². The van der Waals surface area contributed by atoms with Gasteiger partial charge in [-0.1, -0.05) is 11.6 Å². The van der Waals surface area contributed by atoms with Crippen LogP contribution in [0.5, 0.6) is 11.5 Å². The molecule has 0 spiro atoms. The number of aliphatic carboxylic acids is 1. The van der Waals surface area contributed by atoms with Crippen LogP contribution in [0, 0.1) is 0 Å². The lowest BCUT2D eigenvalue weighted by Crippen LogP contribution is -2.45. The topological polar surface area (TPSA) is 87.7 Å². The molecule has 3 rings (SSSR count). The molecule has 0 radical (unpaired) electrons. The van der Waals surface area contributed by atoms with Crippen molar-refractivity contribution in [3.63, 3.8) is 0 Å². The summed E-state index contributed by atoms with van der Waals surface area (Å²) in [5, 5.41) is 10.1. The number of hydrogen-bond donors (Lipinski definition) is 2. The van der Waals surface area contributed by atoms with Gasteiger partial charge in [0.15, 0.2) is 11.5 Å². The first-order chi connectivity index (χ1) is 12.0. The third-order valence-electron chi connectivity index (χ3n) is 4.29. The summed E-state index contributed by atoms with van der Waals surface area (Å²) in [6.45, 7) is 3.24. The van der Waals surface area contributed by atoms with Crippen molar-refractivity contribution in [3.05, 3.63) is 40.4 Å². The lowest BCUT2D eigenvalue weighted by molar-refractivity contribution is -0.144. The molecular weight excluding hydrogens is 346 g/mol. The molecule has 1 atom stereocenters. The molecule has 1 aliphatic heterocycles. The predicted octanol–water partition coefficient (Wildman–Crippen LogP) is 2.48. The molecule has 0 aliphatic carbocycles. The van der Waals surface area contributed by atoms with E-state index in [0.29, 0.717) is 42.6 Å². The molecule has 1 aromatic heterocycles. The molecule has 0 saturated carbocycles. The highest BCUT2D eigenvalue weighted by atomic mass is 35.5. The van der Waals surface area contributed by atoms with Gasteiger partial charge in [-0.05, 0) is 18.6 Å². The zero-order valence-electron chi connectivity index (χ0n) is 14.1. The highest BCUT2D eigenvalue weighted by Crippen LogP contribution is 2.35. The fourth-order valence-electron chi connectivity index (χ4n) is 3.04. The number of H-pyrrole nitrogens is 1. The van der Waals surface area contributed by atoms with Crippen molar-refractivity contribution in [2.75, 3.05) is 13.7 Å². The number of fused-ring (bicyclic) bond motifs is 1. The van der Waals surface area contributed by atoms with E-state index in [1.54, 1.807) is 19.5 Å². The van der Waals surface area contributed by atoms with Crippen molar-refractivity contribution in [2.24, 2.45) is 0 Å². The van der Waals surface area contributed by atoms with Gasteiger partial charge in [-0.25, -0.2) is 4.98 Å². The van der Waals surface area contributed by atoms with E-state index in [2.05, 4.69) is 9.97 Å². The van der Waals surface area contributed by atoms with Crippen molar-refractivity contribution in [2.45, 2.75) is 32.5 Å². The van der Waals surface area contributed by atoms with Gasteiger partial charge >= 0.3 is 5.97 Å². The van der Waals surface area contributed by atoms with Crippen LogP contribution in [0.15, 0.2) is 18.5 Å². The van der Waals surface area contributed by atoms with Crippen molar-refractivity contribution >= 4 is 17.6 Å². The van der Waals surface area contributed by atoms with Crippen LogP contribution in [-0.4, -0.2) is 45.7 Å². The molecule has 1 aromatic carbocycles. The van der Waals surface area contributed by atoms with Crippen LogP contribution in [0.2, 0.25) is 5.02 Å². The second-order valence-corrected chi connectivity index (χ2v) is 6.23. The van der Waals surface area contributed by atoms with Gasteiger partial charge in [-0.2, -0.15) is 0 Å². The number of hydrogen-bond acceptors (Lipinski definition) is 5. The Hall–Kier alpha value is -2.25. The molecule has 2 aromatic rings. The Kier molecular flexibility index (Phi) is 5.15. The number of carboxylic acids is 1. The summed E-state index contributed by atoms with van der Waals surface area (Å²) in [5.74, 6) is 0.277. The summed E-state index contributed by atoms with van der Waals surface area (Å²) in [4.78, 5) is 20.8. The second-order valence-electron chi connectivity index (χ2n) is 5.82. The minimum atomic E-state index is -0.872. The number of ether oxygens (including phenoxy) is 2. The molecule has 1 aliphatic rings. The number of rotatable bonds is 6. The number of methoxy groups -OCH3 is 1. The Bertz CT molecular complexity index is 777. The van der Waals surface area contributed by atoms with Crippen LogP contribution in [0.3, 0.4) is 0 Å². The quantitative estimate of drug-likeness (QED) is 0.817. The molecule has 2 heterocycles. The van der Waals surface area contributed by atoms with E-state index in [9.17, 15) is 9.90 Å². The molecule has 0 fully saturated rings. The van der Waals surface area contributed by atoms with E-state index in [1.165, 1.54) is 0 Å². The van der Waals surface area contributed by atoms with Gasteiger partial charge < -0.3 is 19.6 Å². The number of benzene rings is 1. The maximum absolute atomic E-state index is 11.7. The van der Waals surface area contributed by atoms with E-state index in [4.69, 9.17) is 21.1 Å². The van der Waals surface area contributed by atoms with Crippen LogP contribution >= 0.6 is 11.6 Å². The number of halogens is 1. The third kappa shape index (κ3) is 3.57. The highest BCUT2D eigenvalue weighted by Gasteiger charge is 2.33. The molecule has 0 unspecified atom stereocenters. The molecular formula is C17H20ClN3O4. The Morgan fingerprint density at radius 1 is 1.48 bits per heavy atom. The fourth-order valence-corrected chi connectivity index (χ4v) is 3.26. The highest BCUT2D eigenvalue weighted by molar-refractivity contribution is 6.31. The zero-order chi connectivity index (χ0) is 18.0. The van der Waals surface area contributed by atoms with E-state index in [1.807, 2.05) is 17.9 Å². The first-order valence-electron chi connectivity index (χ1n) is 8.00. The SMILES string of the molecule is CCOc1cc(CN2Cc3[nH]cnc3C[C@@H]2C(=O)O)c(Cl)cc1OC. The number of nitrogens with one attached hydrogen (secondary N) is 1. The van der Waals surface area contributed by atoms with Crippen molar-refractivity contribution in [1.82, 2.24) is 14.9 Å². The fraction of sp³-hybridized carbons (Fsp3) is 0.412. The van der Waals surface area contributed by atoms with Gasteiger partial charge in [0, 0.05) is 30.6 Å². The second kappa shape index (κ2) is 7.33. The average Bonchev–Trinajstić information content (AvgIpc) is 3.04. The van der Waals surface area contributed by atoms with Gasteiger partial charge in [0.2, 0.25) is 0 Å². The number of carboxylic acid groups (broad SMARTS) is 1. The zero-order valence-corrected chi connectivity index (χ0v) is 14.8. The van der Waals surface area contributed by atoms with E-state index >= 15 is 0 Å². The van der Waals surface area contributed by atoms with Crippen LogP contribution in [0.4, 0.5) is 0 Å².